The van der Waals surface area contributed by atoms with Crippen molar-refractivity contribution in [1.82, 2.24) is 4.90 Å². The highest BCUT2D eigenvalue weighted by Gasteiger charge is 2.59. The first-order valence-electron chi connectivity index (χ1n) is 9.49. The van der Waals surface area contributed by atoms with Crippen LogP contribution in [0.2, 0.25) is 0 Å². The van der Waals surface area contributed by atoms with E-state index in [1.54, 1.807) is 4.90 Å². The van der Waals surface area contributed by atoms with Crippen molar-refractivity contribution in [3.8, 4) is 0 Å². The van der Waals surface area contributed by atoms with Crippen LogP contribution in [0.15, 0.2) is 30.3 Å². The van der Waals surface area contributed by atoms with Crippen molar-refractivity contribution in [2.24, 2.45) is 11.3 Å². The summed E-state index contributed by atoms with van der Waals surface area (Å²) in [5.41, 5.74) is 0.837. The van der Waals surface area contributed by atoms with Crippen LogP contribution in [-0.2, 0) is 35.0 Å². The van der Waals surface area contributed by atoms with E-state index >= 15 is 0 Å². The Labute approximate surface area is 164 Å². The maximum atomic E-state index is 12.9. The molecular formula is C21H27NO6. The molecule has 152 valence electrons. The Morgan fingerprint density at radius 2 is 1.86 bits per heavy atom. The Hall–Kier alpha value is -2.41. The highest BCUT2D eigenvalue weighted by atomic mass is 16.6. The van der Waals surface area contributed by atoms with Gasteiger partial charge in [-0.3, -0.25) is 14.4 Å². The highest BCUT2D eigenvalue weighted by Crippen LogP contribution is 2.45. The van der Waals surface area contributed by atoms with Crippen LogP contribution in [0, 0.1) is 11.3 Å². The molecule has 0 saturated carbocycles. The third-order valence-electron chi connectivity index (χ3n) is 5.36. The van der Waals surface area contributed by atoms with Crippen LogP contribution in [-0.4, -0.2) is 54.3 Å². The predicted molar refractivity (Wildman–Crippen MR) is 100.0 cm³/mol. The molecule has 1 aromatic rings. The molecule has 0 aromatic heterocycles. The van der Waals surface area contributed by atoms with Gasteiger partial charge >= 0.3 is 11.9 Å². The summed E-state index contributed by atoms with van der Waals surface area (Å²) in [4.78, 5) is 37.1. The molecule has 0 aliphatic carbocycles. The number of β-lactam (4-membered cyclic amide) rings is 1. The Morgan fingerprint density at radius 3 is 2.46 bits per heavy atom. The lowest BCUT2D eigenvalue weighted by molar-refractivity contribution is -0.268. The highest BCUT2D eigenvalue weighted by molar-refractivity contribution is 5.86. The lowest BCUT2D eigenvalue weighted by Gasteiger charge is -2.57. The molecule has 2 fully saturated rings. The smallest absolute Gasteiger partial charge is 0.303 e. The minimum Gasteiger partial charge on any atom is -0.463 e. The van der Waals surface area contributed by atoms with Gasteiger partial charge in [0.1, 0.15) is 25.0 Å². The van der Waals surface area contributed by atoms with E-state index in [0.717, 1.165) is 12.0 Å². The molecule has 2 saturated heterocycles. The average molecular weight is 389 g/mol. The van der Waals surface area contributed by atoms with E-state index in [-0.39, 0.29) is 30.4 Å². The number of rotatable bonds is 6. The number of fused-ring (bicyclic) bond motifs is 1. The van der Waals surface area contributed by atoms with Gasteiger partial charge in [0.05, 0.1) is 12.5 Å². The largest absolute Gasteiger partial charge is 0.463 e. The second kappa shape index (κ2) is 7.91. The number of carbonyl (C=O) groups is 3. The Bertz CT molecular complexity index is 747. The van der Waals surface area contributed by atoms with Crippen LogP contribution in [0.5, 0.6) is 0 Å². The monoisotopic (exact) mass is 389 g/mol. The first kappa shape index (κ1) is 20.3. The van der Waals surface area contributed by atoms with Crippen molar-refractivity contribution in [3.05, 3.63) is 35.9 Å². The van der Waals surface area contributed by atoms with Crippen molar-refractivity contribution in [2.75, 3.05) is 13.2 Å². The summed E-state index contributed by atoms with van der Waals surface area (Å²) in [5, 5.41) is 0. The van der Waals surface area contributed by atoms with Gasteiger partial charge in [0.25, 0.3) is 0 Å². The summed E-state index contributed by atoms with van der Waals surface area (Å²) < 4.78 is 16.5. The number of nitrogens with zero attached hydrogens (tertiary/aromatic N) is 1. The zero-order valence-corrected chi connectivity index (χ0v) is 16.7. The number of carbonyl (C=O) groups excluding carboxylic acids is 3. The minimum absolute atomic E-state index is 0.00554. The van der Waals surface area contributed by atoms with Crippen molar-refractivity contribution in [1.29, 1.82) is 0 Å². The fourth-order valence-electron chi connectivity index (χ4n) is 4.07. The summed E-state index contributed by atoms with van der Waals surface area (Å²) in [6.45, 7) is 6.96. The molecule has 7 nitrogen and oxygen atoms in total. The first-order chi connectivity index (χ1) is 13.2. The van der Waals surface area contributed by atoms with E-state index in [4.69, 9.17) is 14.2 Å². The van der Waals surface area contributed by atoms with Gasteiger partial charge in [-0.1, -0.05) is 44.2 Å². The van der Waals surface area contributed by atoms with Gasteiger partial charge in [-0.2, -0.15) is 0 Å². The Morgan fingerprint density at radius 1 is 1.18 bits per heavy atom. The van der Waals surface area contributed by atoms with Crippen LogP contribution >= 0.6 is 0 Å². The van der Waals surface area contributed by atoms with Gasteiger partial charge in [0, 0.05) is 13.8 Å². The quantitative estimate of drug-likeness (QED) is 0.546. The zero-order chi connectivity index (χ0) is 20.5. The SMILES string of the molecule is CC(=O)OC[C@H]1O[C@@H]2[C@@H](C(C)(C)Cc3ccccc3)C(=O)N2C[C@@H]1OC(C)=O. The Kier molecular flexibility index (Phi) is 5.74. The lowest BCUT2D eigenvalue weighted by atomic mass is 9.68. The molecule has 1 amide bonds. The number of benzene rings is 1. The van der Waals surface area contributed by atoms with Gasteiger partial charge in [-0.15, -0.1) is 0 Å². The summed E-state index contributed by atoms with van der Waals surface area (Å²) in [7, 11) is 0. The van der Waals surface area contributed by atoms with Crippen LogP contribution in [0.25, 0.3) is 0 Å². The molecule has 0 N–H and O–H groups in total. The maximum Gasteiger partial charge on any atom is 0.303 e. The van der Waals surface area contributed by atoms with E-state index in [1.807, 2.05) is 30.3 Å². The third kappa shape index (κ3) is 4.19. The van der Waals surface area contributed by atoms with E-state index in [0.29, 0.717) is 0 Å². The van der Waals surface area contributed by atoms with Crippen molar-refractivity contribution < 1.29 is 28.6 Å². The average Bonchev–Trinajstić information content (AvgIpc) is 2.60. The van der Waals surface area contributed by atoms with Crippen LogP contribution in [0.3, 0.4) is 0 Å². The first-order valence-corrected chi connectivity index (χ1v) is 9.49. The molecule has 0 unspecified atom stereocenters. The lowest BCUT2D eigenvalue weighted by Crippen LogP contribution is -2.73. The molecule has 4 atom stereocenters. The maximum absolute atomic E-state index is 12.9. The Balaban J connectivity index is 1.74. The summed E-state index contributed by atoms with van der Waals surface area (Å²) in [6, 6.07) is 10.0. The fourth-order valence-corrected chi connectivity index (χ4v) is 4.07. The number of amides is 1. The molecule has 0 spiro atoms. The van der Waals surface area contributed by atoms with Gasteiger partial charge < -0.3 is 19.1 Å². The topological polar surface area (TPSA) is 82.1 Å². The zero-order valence-electron chi connectivity index (χ0n) is 16.7. The van der Waals surface area contributed by atoms with Gasteiger partial charge in [0.15, 0.2) is 0 Å². The second-order valence-corrected chi connectivity index (χ2v) is 8.13. The fraction of sp³-hybridized carbons (Fsp3) is 0.571. The number of esters is 2. The summed E-state index contributed by atoms with van der Waals surface area (Å²) in [5.74, 6) is -1.22. The summed E-state index contributed by atoms with van der Waals surface area (Å²) in [6.07, 6.45) is -0.939. The van der Waals surface area contributed by atoms with Gasteiger partial charge in [-0.05, 0) is 17.4 Å². The molecular weight excluding hydrogens is 362 g/mol. The van der Waals surface area contributed by atoms with Crippen molar-refractivity contribution in [2.45, 2.75) is 52.6 Å². The van der Waals surface area contributed by atoms with Crippen LogP contribution in [0.1, 0.15) is 33.3 Å². The molecule has 2 heterocycles. The number of hydrogen-bond acceptors (Lipinski definition) is 6. The minimum atomic E-state index is -0.657. The van der Waals surface area contributed by atoms with Crippen LogP contribution in [0.4, 0.5) is 0 Å². The molecule has 7 heteroatoms. The normalized spacial score (nSPS) is 26.9. The predicted octanol–water partition coefficient (Wildman–Crippen LogP) is 1.93. The number of ether oxygens (including phenoxy) is 3. The van der Waals surface area contributed by atoms with E-state index in [9.17, 15) is 14.4 Å². The van der Waals surface area contributed by atoms with Crippen molar-refractivity contribution >= 4 is 17.8 Å². The standard InChI is InChI=1S/C21H27NO6/c1-13(23)26-12-17-16(27-14(2)24)11-22-19(25)18(20(22)28-17)21(3,4)10-15-8-6-5-7-9-15/h5-9,16-18,20H,10-12H2,1-4H3/t16-,17+,18-,20+/m0/s1. The molecule has 28 heavy (non-hydrogen) atoms. The third-order valence-corrected chi connectivity index (χ3v) is 5.36. The van der Waals surface area contributed by atoms with Crippen LogP contribution < -0.4 is 0 Å². The molecule has 2 aliphatic rings. The van der Waals surface area contributed by atoms with Gasteiger partial charge in [0.2, 0.25) is 5.91 Å². The van der Waals surface area contributed by atoms with Crippen molar-refractivity contribution in [3.63, 3.8) is 0 Å². The summed E-state index contributed by atoms with van der Waals surface area (Å²) >= 11 is 0. The number of hydrogen-bond donors (Lipinski definition) is 0. The molecule has 3 rings (SSSR count). The molecule has 0 radical (unpaired) electrons. The van der Waals surface area contributed by atoms with E-state index in [1.165, 1.54) is 13.8 Å². The van der Waals surface area contributed by atoms with E-state index in [2.05, 4.69) is 13.8 Å². The molecule has 2 aliphatic heterocycles. The second-order valence-electron chi connectivity index (χ2n) is 8.13. The molecule has 0 bridgehead atoms. The molecule has 1 aromatic carbocycles. The van der Waals surface area contributed by atoms with Gasteiger partial charge in [-0.25, -0.2) is 0 Å². The van der Waals surface area contributed by atoms with E-state index < -0.39 is 30.4 Å².